The van der Waals surface area contributed by atoms with E-state index in [9.17, 15) is 0 Å². The normalized spacial score (nSPS) is 12.2. The topological polar surface area (TPSA) is 37.4 Å². The number of pyridine rings is 1. The highest BCUT2D eigenvalue weighted by Crippen LogP contribution is 2.19. The third-order valence-electron chi connectivity index (χ3n) is 3.35. The molecule has 1 aromatic heterocycles. The molecule has 1 heterocycles. The van der Waals surface area contributed by atoms with Crippen LogP contribution in [-0.2, 0) is 6.54 Å². The molecular weight excluding hydrogens is 238 g/mol. The highest BCUT2D eigenvalue weighted by atomic mass is 16.5. The minimum absolute atomic E-state index is 0.00597. The molecule has 1 rings (SSSR count). The molecule has 0 radical (unpaired) electrons. The Hall–Kier alpha value is -1.13. The quantitative estimate of drug-likeness (QED) is 0.821. The van der Waals surface area contributed by atoms with Crippen molar-refractivity contribution < 1.29 is 4.74 Å². The van der Waals surface area contributed by atoms with Gasteiger partial charge in [-0.1, -0.05) is 13.8 Å². The van der Waals surface area contributed by atoms with E-state index in [1.165, 1.54) is 0 Å². The van der Waals surface area contributed by atoms with Gasteiger partial charge >= 0.3 is 0 Å². The van der Waals surface area contributed by atoms with Gasteiger partial charge < -0.3 is 15.0 Å². The second-order valence-corrected chi connectivity index (χ2v) is 6.01. The maximum absolute atomic E-state index is 5.97. The molecule has 0 fully saturated rings. The fraction of sp³-hybridized carbons (Fsp3) is 0.667. The summed E-state index contributed by atoms with van der Waals surface area (Å²) >= 11 is 0. The first-order valence-electron chi connectivity index (χ1n) is 6.79. The number of hydrogen-bond acceptors (Lipinski definition) is 4. The van der Waals surface area contributed by atoms with Crippen molar-refractivity contribution in [2.24, 2.45) is 0 Å². The maximum atomic E-state index is 5.97. The van der Waals surface area contributed by atoms with E-state index in [-0.39, 0.29) is 5.54 Å². The number of aromatic nitrogens is 1. The Morgan fingerprint density at radius 3 is 2.63 bits per heavy atom. The highest BCUT2D eigenvalue weighted by Gasteiger charge is 2.21. The standard InChI is InChI=1S/C15H27N3O/c1-12(2)17-10-13-9-16-8-7-14(13)19-11-15(3,4)18(5)6/h7-9,12,17H,10-11H2,1-6H3. The summed E-state index contributed by atoms with van der Waals surface area (Å²) in [6, 6.07) is 2.38. The maximum Gasteiger partial charge on any atom is 0.126 e. The molecule has 19 heavy (non-hydrogen) atoms. The van der Waals surface area contributed by atoms with Gasteiger partial charge in [0.05, 0.1) is 0 Å². The fourth-order valence-electron chi connectivity index (χ4n) is 1.39. The molecule has 0 aromatic carbocycles. The van der Waals surface area contributed by atoms with Gasteiger partial charge in [0.15, 0.2) is 0 Å². The van der Waals surface area contributed by atoms with E-state index in [4.69, 9.17) is 4.74 Å². The van der Waals surface area contributed by atoms with Crippen molar-refractivity contribution in [1.82, 2.24) is 15.2 Å². The van der Waals surface area contributed by atoms with E-state index >= 15 is 0 Å². The average Bonchev–Trinajstić information content (AvgIpc) is 2.34. The van der Waals surface area contributed by atoms with E-state index in [1.807, 2.05) is 12.3 Å². The monoisotopic (exact) mass is 265 g/mol. The number of hydrogen-bond donors (Lipinski definition) is 1. The van der Waals surface area contributed by atoms with Gasteiger partial charge in [-0.15, -0.1) is 0 Å². The van der Waals surface area contributed by atoms with Crippen molar-refractivity contribution in [3.63, 3.8) is 0 Å². The van der Waals surface area contributed by atoms with Crippen LogP contribution in [0, 0.1) is 0 Å². The van der Waals surface area contributed by atoms with Gasteiger partial charge in [0.2, 0.25) is 0 Å². The number of nitrogens with one attached hydrogen (secondary N) is 1. The molecule has 0 atom stereocenters. The molecule has 0 aliphatic carbocycles. The first kappa shape index (κ1) is 15.9. The molecule has 0 aliphatic heterocycles. The summed E-state index contributed by atoms with van der Waals surface area (Å²) in [4.78, 5) is 6.34. The van der Waals surface area contributed by atoms with Crippen LogP contribution in [0.1, 0.15) is 33.3 Å². The number of nitrogens with zero attached hydrogens (tertiary/aromatic N) is 2. The van der Waals surface area contributed by atoms with Gasteiger partial charge in [-0.25, -0.2) is 0 Å². The summed E-state index contributed by atoms with van der Waals surface area (Å²) < 4.78 is 5.97. The van der Waals surface area contributed by atoms with Crippen LogP contribution >= 0.6 is 0 Å². The second kappa shape index (κ2) is 6.87. The summed E-state index contributed by atoms with van der Waals surface area (Å²) in [5.41, 5.74) is 1.11. The first-order valence-corrected chi connectivity index (χ1v) is 6.79. The van der Waals surface area contributed by atoms with Crippen LogP contribution in [0.25, 0.3) is 0 Å². The van der Waals surface area contributed by atoms with Crippen LogP contribution in [-0.4, -0.2) is 42.2 Å². The average molecular weight is 265 g/mol. The van der Waals surface area contributed by atoms with E-state index < -0.39 is 0 Å². The SMILES string of the molecule is CC(C)NCc1cnccc1OCC(C)(C)N(C)C. The summed E-state index contributed by atoms with van der Waals surface area (Å²) in [5, 5.41) is 3.39. The molecule has 0 unspecified atom stereocenters. The van der Waals surface area contributed by atoms with Crippen molar-refractivity contribution >= 4 is 0 Å². The minimum Gasteiger partial charge on any atom is -0.491 e. The number of ether oxygens (including phenoxy) is 1. The van der Waals surface area contributed by atoms with Crippen molar-refractivity contribution in [2.45, 2.75) is 45.8 Å². The Kier molecular flexibility index (Phi) is 5.76. The Balaban J connectivity index is 2.67. The molecule has 0 bridgehead atoms. The van der Waals surface area contributed by atoms with E-state index in [1.54, 1.807) is 6.20 Å². The Bertz CT molecular complexity index is 389. The van der Waals surface area contributed by atoms with Crippen LogP contribution in [0.3, 0.4) is 0 Å². The smallest absolute Gasteiger partial charge is 0.126 e. The largest absolute Gasteiger partial charge is 0.491 e. The van der Waals surface area contributed by atoms with Gasteiger partial charge in [0, 0.05) is 36.1 Å². The molecule has 0 amide bonds. The molecule has 1 N–H and O–H groups in total. The summed E-state index contributed by atoms with van der Waals surface area (Å²) in [7, 11) is 4.13. The zero-order chi connectivity index (χ0) is 14.5. The Labute approximate surface area is 117 Å². The predicted octanol–water partition coefficient (Wildman–Crippen LogP) is 2.30. The van der Waals surface area contributed by atoms with Crippen LogP contribution in [0.2, 0.25) is 0 Å². The van der Waals surface area contributed by atoms with Crippen LogP contribution in [0.15, 0.2) is 18.5 Å². The third kappa shape index (κ3) is 5.17. The molecule has 0 spiro atoms. The fourth-order valence-corrected chi connectivity index (χ4v) is 1.39. The number of likely N-dealkylation sites (N-methyl/N-ethyl adjacent to an activating group) is 1. The lowest BCUT2D eigenvalue weighted by Crippen LogP contribution is -2.43. The van der Waals surface area contributed by atoms with Gasteiger partial charge in [0.1, 0.15) is 12.4 Å². The zero-order valence-electron chi connectivity index (χ0n) is 13.0. The molecule has 0 aliphatic rings. The molecular formula is C15H27N3O. The van der Waals surface area contributed by atoms with Crippen LogP contribution in [0.4, 0.5) is 0 Å². The molecule has 0 saturated heterocycles. The van der Waals surface area contributed by atoms with Crippen LogP contribution < -0.4 is 10.1 Å². The lowest BCUT2D eigenvalue weighted by atomic mass is 10.1. The lowest BCUT2D eigenvalue weighted by Gasteiger charge is -2.32. The van der Waals surface area contributed by atoms with Crippen molar-refractivity contribution in [2.75, 3.05) is 20.7 Å². The van der Waals surface area contributed by atoms with Gasteiger partial charge in [-0.05, 0) is 34.0 Å². The predicted molar refractivity (Wildman–Crippen MR) is 79.5 cm³/mol. The Morgan fingerprint density at radius 1 is 1.37 bits per heavy atom. The summed E-state index contributed by atoms with van der Waals surface area (Å²) in [6.07, 6.45) is 3.64. The minimum atomic E-state index is 0.00597. The first-order chi connectivity index (χ1) is 8.83. The molecule has 0 saturated carbocycles. The van der Waals surface area contributed by atoms with Gasteiger partial charge in [-0.3, -0.25) is 4.98 Å². The zero-order valence-corrected chi connectivity index (χ0v) is 13.0. The van der Waals surface area contributed by atoms with Crippen molar-refractivity contribution in [3.8, 4) is 5.75 Å². The van der Waals surface area contributed by atoms with E-state index in [0.717, 1.165) is 17.9 Å². The molecule has 108 valence electrons. The van der Waals surface area contributed by atoms with Crippen molar-refractivity contribution in [1.29, 1.82) is 0 Å². The summed E-state index contributed by atoms with van der Waals surface area (Å²) in [6.45, 7) is 10.0. The molecule has 1 aromatic rings. The molecule has 4 nitrogen and oxygen atoms in total. The summed E-state index contributed by atoms with van der Waals surface area (Å²) in [5.74, 6) is 0.915. The molecule has 4 heteroatoms. The van der Waals surface area contributed by atoms with Crippen molar-refractivity contribution in [3.05, 3.63) is 24.0 Å². The second-order valence-electron chi connectivity index (χ2n) is 6.01. The highest BCUT2D eigenvalue weighted by molar-refractivity contribution is 5.30. The van der Waals surface area contributed by atoms with E-state index in [2.05, 4.69) is 57.0 Å². The lowest BCUT2D eigenvalue weighted by molar-refractivity contribution is 0.113. The van der Waals surface area contributed by atoms with E-state index in [0.29, 0.717) is 12.6 Å². The van der Waals surface area contributed by atoms with Gasteiger partial charge in [0.25, 0.3) is 0 Å². The third-order valence-corrected chi connectivity index (χ3v) is 3.35. The van der Waals surface area contributed by atoms with Crippen LogP contribution in [0.5, 0.6) is 5.75 Å². The number of rotatable bonds is 7. The van der Waals surface area contributed by atoms with Gasteiger partial charge in [-0.2, -0.15) is 0 Å². The Morgan fingerprint density at radius 2 is 2.05 bits per heavy atom.